The molecule has 2 fully saturated rings. The molecular formula is C13H17ClN2O2. The molecule has 0 aromatic carbocycles. The summed E-state index contributed by atoms with van der Waals surface area (Å²) in [5.74, 6) is -0.120. The number of carbonyl (C=O) groups is 1. The summed E-state index contributed by atoms with van der Waals surface area (Å²) in [6.07, 6.45) is 6.08. The second kappa shape index (κ2) is 4.94. The van der Waals surface area contributed by atoms with Crippen LogP contribution in [0, 0.1) is 0 Å². The Kier molecular flexibility index (Phi) is 3.31. The van der Waals surface area contributed by atoms with Gasteiger partial charge in [0, 0.05) is 18.6 Å². The number of hydrogen-bond donors (Lipinski definition) is 1. The Morgan fingerprint density at radius 3 is 3.11 bits per heavy atom. The fourth-order valence-corrected chi connectivity index (χ4v) is 3.27. The molecule has 2 atom stereocenters. The third-order valence-corrected chi connectivity index (χ3v) is 4.31. The van der Waals surface area contributed by atoms with Gasteiger partial charge in [-0.05, 0) is 49.9 Å². The van der Waals surface area contributed by atoms with E-state index in [1.54, 1.807) is 6.07 Å². The number of rotatable bonds is 2. The zero-order valence-corrected chi connectivity index (χ0v) is 10.9. The van der Waals surface area contributed by atoms with E-state index in [2.05, 4.69) is 10.2 Å². The van der Waals surface area contributed by atoms with Gasteiger partial charge in [-0.25, -0.2) is 0 Å². The number of furan rings is 1. The van der Waals surface area contributed by atoms with Crippen LogP contribution in [0.5, 0.6) is 0 Å². The minimum Gasteiger partial charge on any atom is -0.452 e. The normalized spacial score (nSPS) is 28.1. The maximum Gasteiger partial charge on any atom is 0.256 e. The third kappa shape index (κ3) is 2.27. The molecule has 1 aromatic heterocycles. The van der Waals surface area contributed by atoms with Crippen molar-refractivity contribution < 1.29 is 9.21 Å². The van der Waals surface area contributed by atoms with Gasteiger partial charge in [-0.1, -0.05) is 0 Å². The summed E-state index contributed by atoms with van der Waals surface area (Å²) in [5, 5.41) is 3.24. The van der Waals surface area contributed by atoms with Gasteiger partial charge < -0.3 is 14.6 Å². The molecule has 2 unspecified atom stereocenters. The van der Waals surface area contributed by atoms with Crippen molar-refractivity contribution in [2.45, 2.75) is 37.8 Å². The molecule has 0 saturated carbocycles. The molecule has 18 heavy (non-hydrogen) atoms. The molecule has 0 bridgehead atoms. The number of fused-ring (bicyclic) bond motifs is 1. The highest BCUT2D eigenvalue weighted by Gasteiger charge is 2.32. The van der Waals surface area contributed by atoms with E-state index in [4.69, 9.17) is 16.0 Å². The van der Waals surface area contributed by atoms with Crippen LogP contribution in [-0.4, -0.2) is 36.0 Å². The Morgan fingerprint density at radius 1 is 1.44 bits per heavy atom. The molecule has 1 N–H and O–H groups in total. The van der Waals surface area contributed by atoms with Crippen LogP contribution in [0.3, 0.4) is 0 Å². The van der Waals surface area contributed by atoms with E-state index < -0.39 is 0 Å². The molecule has 2 saturated heterocycles. The molecule has 3 heterocycles. The number of halogens is 1. The molecule has 0 aliphatic carbocycles. The van der Waals surface area contributed by atoms with E-state index >= 15 is 0 Å². The number of piperidine rings is 1. The summed E-state index contributed by atoms with van der Waals surface area (Å²) in [5.41, 5.74) is 0.436. The lowest BCUT2D eigenvalue weighted by Gasteiger charge is -2.35. The monoisotopic (exact) mass is 268 g/mol. The summed E-state index contributed by atoms with van der Waals surface area (Å²) in [6, 6.07) is 2.54. The quantitative estimate of drug-likeness (QED) is 0.895. The first-order valence-electron chi connectivity index (χ1n) is 6.52. The predicted molar refractivity (Wildman–Crippen MR) is 68.8 cm³/mol. The van der Waals surface area contributed by atoms with Crippen molar-refractivity contribution in [2.75, 3.05) is 13.1 Å². The van der Waals surface area contributed by atoms with Crippen molar-refractivity contribution in [2.24, 2.45) is 0 Å². The SMILES string of the molecule is O=C(NC1CCN2CCCC2C1)c1ccoc1Cl. The smallest absolute Gasteiger partial charge is 0.256 e. The molecule has 2 aliphatic heterocycles. The highest BCUT2D eigenvalue weighted by atomic mass is 35.5. The van der Waals surface area contributed by atoms with Crippen LogP contribution in [0.25, 0.3) is 0 Å². The predicted octanol–water partition coefficient (Wildman–Crippen LogP) is 2.29. The zero-order valence-electron chi connectivity index (χ0n) is 10.2. The average Bonchev–Trinajstić information content (AvgIpc) is 2.96. The van der Waals surface area contributed by atoms with Gasteiger partial charge >= 0.3 is 0 Å². The molecule has 0 radical (unpaired) electrons. The molecule has 5 heteroatoms. The van der Waals surface area contributed by atoms with Crippen molar-refractivity contribution in [1.82, 2.24) is 10.2 Å². The number of nitrogens with one attached hydrogen (secondary N) is 1. The maximum atomic E-state index is 12.0. The summed E-state index contributed by atoms with van der Waals surface area (Å²) < 4.78 is 4.94. The second-order valence-corrected chi connectivity index (χ2v) is 5.48. The largest absolute Gasteiger partial charge is 0.452 e. The molecule has 3 rings (SSSR count). The number of carbonyl (C=O) groups excluding carboxylic acids is 1. The molecular weight excluding hydrogens is 252 g/mol. The molecule has 1 aromatic rings. The molecule has 2 aliphatic rings. The number of hydrogen-bond acceptors (Lipinski definition) is 3. The Balaban J connectivity index is 1.60. The first-order chi connectivity index (χ1) is 8.74. The van der Waals surface area contributed by atoms with Crippen LogP contribution in [0.15, 0.2) is 16.7 Å². The minimum atomic E-state index is -0.120. The maximum absolute atomic E-state index is 12.0. The highest BCUT2D eigenvalue weighted by Crippen LogP contribution is 2.27. The van der Waals surface area contributed by atoms with Crippen molar-refractivity contribution >= 4 is 17.5 Å². The van der Waals surface area contributed by atoms with E-state index in [1.807, 2.05) is 0 Å². The van der Waals surface area contributed by atoms with E-state index in [-0.39, 0.29) is 17.2 Å². The zero-order chi connectivity index (χ0) is 12.5. The van der Waals surface area contributed by atoms with E-state index in [0.717, 1.165) is 19.4 Å². The van der Waals surface area contributed by atoms with Crippen LogP contribution >= 0.6 is 11.6 Å². The van der Waals surface area contributed by atoms with Crippen LogP contribution in [-0.2, 0) is 0 Å². The van der Waals surface area contributed by atoms with Gasteiger partial charge in [-0.2, -0.15) is 0 Å². The summed E-state index contributed by atoms with van der Waals surface area (Å²) >= 11 is 5.81. The highest BCUT2D eigenvalue weighted by molar-refractivity contribution is 6.32. The van der Waals surface area contributed by atoms with Gasteiger partial charge in [0.25, 0.3) is 5.91 Å². The van der Waals surface area contributed by atoms with Gasteiger partial charge in [-0.3, -0.25) is 4.79 Å². The van der Waals surface area contributed by atoms with Gasteiger partial charge in [-0.15, -0.1) is 0 Å². The molecule has 1 amide bonds. The van der Waals surface area contributed by atoms with Crippen LogP contribution < -0.4 is 5.32 Å². The van der Waals surface area contributed by atoms with E-state index in [1.165, 1.54) is 25.6 Å². The summed E-state index contributed by atoms with van der Waals surface area (Å²) in [4.78, 5) is 14.6. The Morgan fingerprint density at radius 2 is 2.33 bits per heavy atom. The second-order valence-electron chi connectivity index (χ2n) is 5.13. The van der Waals surface area contributed by atoms with Crippen LogP contribution in [0.2, 0.25) is 5.22 Å². The summed E-state index contributed by atoms with van der Waals surface area (Å²) in [6.45, 7) is 2.31. The Hall–Kier alpha value is -1.00. The van der Waals surface area contributed by atoms with Gasteiger partial charge in [0.05, 0.1) is 11.8 Å². The topological polar surface area (TPSA) is 45.5 Å². The Bertz CT molecular complexity index is 446. The average molecular weight is 269 g/mol. The molecule has 4 nitrogen and oxygen atoms in total. The molecule has 0 spiro atoms. The lowest BCUT2D eigenvalue weighted by atomic mass is 9.97. The van der Waals surface area contributed by atoms with Gasteiger partial charge in [0.2, 0.25) is 5.22 Å². The van der Waals surface area contributed by atoms with Crippen LogP contribution in [0.1, 0.15) is 36.0 Å². The van der Waals surface area contributed by atoms with Gasteiger partial charge in [0.15, 0.2) is 0 Å². The fourth-order valence-electron chi connectivity index (χ4n) is 3.07. The van der Waals surface area contributed by atoms with Gasteiger partial charge in [0.1, 0.15) is 0 Å². The minimum absolute atomic E-state index is 0.120. The Labute approximate surface area is 111 Å². The fraction of sp³-hybridized carbons (Fsp3) is 0.615. The number of amides is 1. The first kappa shape index (κ1) is 12.1. The lowest BCUT2D eigenvalue weighted by Crippen LogP contribution is -2.47. The van der Waals surface area contributed by atoms with E-state index in [0.29, 0.717) is 11.6 Å². The molecule has 98 valence electrons. The lowest BCUT2D eigenvalue weighted by molar-refractivity contribution is 0.0896. The standard InChI is InChI=1S/C13H17ClN2O2/c14-12-11(4-7-18-12)13(17)15-9-3-6-16-5-1-2-10(16)8-9/h4,7,9-10H,1-3,5-6,8H2,(H,15,17). The van der Waals surface area contributed by atoms with Crippen molar-refractivity contribution in [1.29, 1.82) is 0 Å². The van der Waals surface area contributed by atoms with E-state index in [9.17, 15) is 4.79 Å². The van der Waals surface area contributed by atoms with Crippen molar-refractivity contribution in [3.05, 3.63) is 23.1 Å². The van der Waals surface area contributed by atoms with Crippen molar-refractivity contribution in [3.63, 3.8) is 0 Å². The number of nitrogens with zero attached hydrogens (tertiary/aromatic N) is 1. The first-order valence-corrected chi connectivity index (χ1v) is 6.90. The van der Waals surface area contributed by atoms with Crippen LogP contribution in [0.4, 0.5) is 0 Å². The van der Waals surface area contributed by atoms with Crippen molar-refractivity contribution in [3.8, 4) is 0 Å². The summed E-state index contributed by atoms with van der Waals surface area (Å²) in [7, 11) is 0. The third-order valence-electron chi connectivity index (χ3n) is 4.02.